The van der Waals surface area contributed by atoms with Crippen LogP contribution in [0.2, 0.25) is 0 Å². The summed E-state index contributed by atoms with van der Waals surface area (Å²) in [6, 6.07) is 30.5. The van der Waals surface area contributed by atoms with Crippen molar-refractivity contribution >= 4 is 27.3 Å². The number of hydrogen-bond donors (Lipinski definition) is 2. The lowest BCUT2D eigenvalue weighted by atomic mass is 10.0. The van der Waals surface area contributed by atoms with Gasteiger partial charge in [0.05, 0.1) is 10.6 Å². The largest absolute Gasteiger partial charge is 0.321 e. The predicted octanol–water partition coefficient (Wildman–Crippen LogP) is 5.72. The first-order valence-electron chi connectivity index (χ1n) is 10.1. The van der Waals surface area contributed by atoms with Crippen molar-refractivity contribution in [2.75, 3.05) is 10.0 Å². The molecule has 0 unspecified atom stereocenters. The molecule has 4 rings (SSSR count). The third-order valence-corrected chi connectivity index (χ3v) is 6.43. The highest BCUT2D eigenvalue weighted by Crippen LogP contribution is 2.28. The number of carbonyl (C=O) groups excluding carboxylic acids is 1. The van der Waals surface area contributed by atoms with E-state index in [1.807, 2.05) is 54.6 Å². The zero-order chi connectivity index (χ0) is 22.6. The fourth-order valence-corrected chi connectivity index (χ4v) is 4.53. The number of sulfonamides is 1. The number of hydrogen-bond acceptors (Lipinski definition) is 3. The van der Waals surface area contributed by atoms with Gasteiger partial charge in [-0.2, -0.15) is 0 Å². The smallest absolute Gasteiger partial charge is 0.261 e. The maximum Gasteiger partial charge on any atom is 0.261 e. The van der Waals surface area contributed by atoms with Crippen LogP contribution in [0.25, 0.3) is 11.1 Å². The third kappa shape index (κ3) is 4.71. The van der Waals surface area contributed by atoms with Crippen LogP contribution in [0.5, 0.6) is 0 Å². The van der Waals surface area contributed by atoms with E-state index in [2.05, 4.69) is 10.0 Å². The number of aryl methyl sites for hydroxylation is 1. The maximum atomic E-state index is 12.9. The standard InChI is InChI=1S/C26H22N2O3S/c1-19-18-21(16-17-24(19)28-32(30,31)22-12-6-3-7-13-22)26(29)27-25-15-9-8-14-23(25)20-10-4-2-5-11-20/h2-18,28H,1H3,(H,27,29). The molecule has 0 radical (unpaired) electrons. The summed E-state index contributed by atoms with van der Waals surface area (Å²) in [6.45, 7) is 1.76. The van der Waals surface area contributed by atoms with Crippen LogP contribution in [0, 0.1) is 6.92 Å². The van der Waals surface area contributed by atoms with E-state index in [4.69, 9.17) is 0 Å². The van der Waals surface area contributed by atoms with Gasteiger partial charge in [-0.25, -0.2) is 8.42 Å². The molecule has 0 aliphatic heterocycles. The van der Waals surface area contributed by atoms with Gasteiger partial charge in [0.2, 0.25) is 0 Å². The molecule has 0 aliphatic carbocycles. The maximum absolute atomic E-state index is 12.9. The quantitative estimate of drug-likeness (QED) is 0.401. The number of rotatable bonds is 6. The number of para-hydroxylation sites is 1. The molecule has 0 aliphatic rings. The molecule has 0 atom stereocenters. The van der Waals surface area contributed by atoms with E-state index in [1.165, 1.54) is 12.1 Å². The van der Waals surface area contributed by atoms with Crippen molar-refractivity contribution in [3.05, 3.63) is 114 Å². The highest BCUT2D eigenvalue weighted by molar-refractivity contribution is 7.92. The summed E-state index contributed by atoms with van der Waals surface area (Å²) >= 11 is 0. The molecule has 0 saturated carbocycles. The predicted molar refractivity (Wildman–Crippen MR) is 128 cm³/mol. The Hall–Kier alpha value is -3.90. The zero-order valence-corrected chi connectivity index (χ0v) is 18.3. The van der Waals surface area contributed by atoms with Gasteiger partial charge in [-0.15, -0.1) is 0 Å². The highest BCUT2D eigenvalue weighted by atomic mass is 32.2. The lowest BCUT2D eigenvalue weighted by molar-refractivity contribution is 0.102. The number of amides is 1. The molecule has 0 fully saturated rings. The molecule has 4 aromatic carbocycles. The summed E-state index contributed by atoms with van der Waals surface area (Å²) in [6.07, 6.45) is 0. The number of benzene rings is 4. The van der Waals surface area contributed by atoms with E-state index in [0.29, 0.717) is 22.5 Å². The van der Waals surface area contributed by atoms with Crippen molar-refractivity contribution in [3.8, 4) is 11.1 Å². The van der Waals surface area contributed by atoms with Gasteiger partial charge in [-0.1, -0.05) is 66.7 Å². The van der Waals surface area contributed by atoms with Crippen LogP contribution >= 0.6 is 0 Å². The first-order chi connectivity index (χ1) is 15.4. The monoisotopic (exact) mass is 442 g/mol. The average Bonchev–Trinajstić information content (AvgIpc) is 2.82. The lowest BCUT2D eigenvalue weighted by Crippen LogP contribution is -2.15. The Morgan fingerprint density at radius 2 is 1.34 bits per heavy atom. The fraction of sp³-hybridized carbons (Fsp3) is 0.0385. The Labute approximate surface area is 187 Å². The second-order valence-corrected chi connectivity index (χ2v) is 9.00. The number of carbonyl (C=O) groups is 1. The molecule has 4 aromatic rings. The van der Waals surface area contributed by atoms with E-state index in [-0.39, 0.29) is 10.8 Å². The van der Waals surface area contributed by atoms with Crippen LogP contribution in [0.4, 0.5) is 11.4 Å². The first kappa shape index (κ1) is 21.3. The van der Waals surface area contributed by atoms with Crippen LogP contribution in [0.3, 0.4) is 0 Å². The molecule has 0 heterocycles. The van der Waals surface area contributed by atoms with Crippen LogP contribution in [0.15, 0.2) is 108 Å². The molecule has 0 bridgehead atoms. The van der Waals surface area contributed by atoms with Gasteiger partial charge < -0.3 is 5.32 Å². The van der Waals surface area contributed by atoms with Gasteiger partial charge in [-0.3, -0.25) is 9.52 Å². The van der Waals surface area contributed by atoms with Crippen molar-refractivity contribution in [2.24, 2.45) is 0 Å². The van der Waals surface area contributed by atoms with Gasteiger partial charge in [0.15, 0.2) is 0 Å². The lowest BCUT2D eigenvalue weighted by Gasteiger charge is -2.14. The summed E-state index contributed by atoms with van der Waals surface area (Å²) in [5, 5.41) is 2.97. The molecule has 0 aromatic heterocycles. The summed E-state index contributed by atoms with van der Waals surface area (Å²) in [5.74, 6) is -0.269. The second kappa shape index (κ2) is 9.08. The summed E-state index contributed by atoms with van der Waals surface area (Å²) < 4.78 is 27.8. The zero-order valence-electron chi connectivity index (χ0n) is 17.4. The minimum atomic E-state index is -3.70. The van der Waals surface area contributed by atoms with Crippen molar-refractivity contribution in [1.82, 2.24) is 0 Å². The van der Waals surface area contributed by atoms with Crippen LogP contribution in [-0.4, -0.2) is 14.3 Å². The van der Waals surface area contributed by atoms with Crippen LogP contribution < -0.4 is 10.0 Å². The molecule has 5 nitrogen and oxygen atoms in total. The van der Waals surface area contributed by atoms with Crippen molar-refractivity contribution in [3.63, 3.8) is 0 Å². The topological polar surface area (TPSA) is 75.3 Å². The molecule has 0 spiro atoms. The molecule has 160 valence electrons. The van der Waals surface area contributed by atoms with Crippen LogP contribution in [-0.2, 0) is 10.0 Å². The summed E-state index contributed by atoms with van der Waals surface area (Å²) in [7, 11) is -3.70. The van der Waals surface area contributed by atoms with E-state index < -0.39 is 10.0 Å². The Morgan fingerprint density at radius 1 is 0.719 bits per heavy atom. The summed E-state index contributed by atoms with van der Waals surface area (Å²) in [5.41, 5.74) is 4.14. The number of nitrogens with one attached hydrogen (secondary N) is 2. The van der Waals surface area contributed by atoms with Gasteiger partial charge in [0.1, 0.15) is 0 Å². The van der Waals surface area contributed by atoms with Crippen molar-refractivity contribution in [2.45, 2.75) is 11.8 Å². The number of anilines is 2. The third-order valence-electron chi connectivity index (χ3n) is 5.05. The van der Waals surface area contributed by atoms with Gasteiger partial charge in [0, 0.05) is 16.8 Å². The van der Waals surface area contributed by atoms with E-state index >= 15 is 0 Å². The van der Waals surface area contributed by atoms with Crippen molar-refractivity contribution in [1.29, 1.82) is 0 Å². The molecule has 0 saturated heterocycles. The molecule has 32 heavy (non-hydrogen) atoms. The Balaban J connectivity index is 1.55. The molecular formula is C26H22N2O3S. The fourth-order valence-electron chi connectivity index (χ4n) is 3.38. The van der Waals surface area contributed by atoms with Gasteiger partial charge in [-0.05, 0) is 54.4 Å². The minimum Gasteiger partial charge on any atom is -0.321 e. The van der Waals surface area contributed by atoms with E-state index in [1.54, 1.807) is 43.3 Å². The van der Waals surface area contributed by atoms with Crippen molar-refractivity contribution < 1.29 is 13.2 Å². The summed E-state index contributed by atoms with van der Waals surface area (Å²) in [4.78, 5) is 13.1. The normalized spacial score (nSPS) is 11.0. The highest BCUT2D eigenvalue weighted by Gasteiger charge is 2.16. The van der Waals surface area contributed by atoms with E-state index in [9.17, 15) is 13.2 Å². The Kier molecular flexibility index (Phi) is 6.05. The van der Waals surface area contributed by atoms with E-state index in [0.717, 1.165) is 11.1 Å². The molecule has 1 amide bonds. The van der Waals surface area contributed by atoms with Crippen LogP contribution in [0.1, 0.15) is 15.9 Å². The van der Waals surface area contributed by atoms with Gasteiger partial charge >= 0.3 is 0 Å². The SMILES string of the molecule is Cc1cc(C(=O)Nc2ccccc2-c2ccccc2)ccc1NS(=O)(=O)c1ccccc1. The first-order valence-corrected chi connectivity index (χ1v) is 11.6. The Morgan fingerprint density at radius 3 is 2.03 bits per heavy atom. The van der Waals surface area contributed by atoms with Gasteiger partial charge in [0.25, 0.3) is 15.9 Å². The molecule has 6 heteroatoms. The average molecular weight is 443 g/mol. The second-order valence-electron chi connectivity index (χ2n) is 7.31. The molecule has 2 N–H and O–H groups in total. The minimum absolute atomic E-state index is 0.179. The molecular weight excluding hydrogens is 420 g/mol. The Bertz CT molecular complexity index is 1350.